The van der Waals surface area contributed by atoms with Crippen LogP contribution < -0.4 is 5.32 Å². The Hall–Kier alpha value is -1.22. The highest BCUT2D eigenvalue weighted by atomic mass is 35.5. The van der Waals surface area contributed by atoms with Crippen molar-refractivity contribution in [3.63, 3.8) is 0 Å². The molecule has 1 aliphatic heterocycles. The first-order valence-corrected chi connectivity index (χ1v) is 5.90. The summed E-state index contributed by atoms with van der Waals surface area (Å²) in [6, 6.07) is 6.35. The SMILES string of the molecule is Cc1ccc(C)c([C@H]2NC(=O)OCC2(C)C)c1.Cl. The molecule has 1 aromatic rings. The zero-order chi connectivity index (χ0) is 12.6. The average Bonchev–Trinajstić information content (AvgIpc) is 2.26. The van der Waals surface area contributed by atoms with Gasteiger partial charge in [0.05, 0.1) is 6.04 Å². The van der Waals surface area contributed by atoms with E-state index >= 15 is 0 Å². The summed E-state index contributed by atoms with van der Waals surface area (Å²) in [5.41, 5.74) is 3.51. The van der Waals surface area contributed by atoms with E-state index in [1.54, 1.807) is 0 Å². The number of nitrogens with one attached hydrogen (secondary N) is 1. The van der Waals surface area contributed by atoms with E-state index in [9.17, 15) is 4.79 Å². The second-order valence-electron chi connectivity index (χ2n) is 5.50. The van der Waals surface area contributed by atoms with Crippen LogP contribution in [0.4, 0.5) is 4.79 Å². The van der Waals surface area contributed by atoms with Crippen LogP contribution in [0.2, 0.25) is 0 Å². The Labute approximate surface area is 114 Å². The molecule has 1 aliphatic rings. The zero-order valence-corrected chi connectivity index (χ0v) is 12.1. The Morgan fingerprint density at radius 1 is 1.33 bits per heavy atom. The minimum Gasteiger partial charge on any atom is -0.449 e. The lowest BCUT2D eigenvalue weighted by Gasteiger charge is -2.39. The van der Waals surface area contributed by atoms with Crippen LogP contribution in [0.25, 0.3) is 0 Å². The summed E-state index contributed by atoms with van der Waals surface area (Å²) in [6.45, 7) is 8.82. The molecule has 0 spiro atoms. The molecule has 0 unspecified atom stereocenters. The van der Waals surface area contributed by atoms with Crippen molar-refractivity contribution in [3.05, 3.63) is 34.9 Å². The van der Waals surface area contributed by atoms with Crippen LogP contribution in [0.1, 0.15) is 36.6 Å². The van der Waals surface area contributed by atoms with Crippen molar-refractivity contribution in [1.82, 2.24) is 5.32 Å². The summed E-state index contributed by atoms with van der Waals surface area (Å²) < 4.78 is 5.06. The van der Waals surface area contributed by atoms with Gasteiger partial charge in [-0.1, -0.05) is 37.6 Å². The normalized spacial score (nSPS) is 21.6. The van der Waals surface area contributed by atoms with Crippen molar-refractivity contribution < 1.29 is 9.53 Å². The van der Waals surface area contributed by atoms with E-state index in [1.165, 1.54) is 16.7 Å². The molecule has 0 bridgehead atoms. The van der Waals surface area contributed by atoms with Crippen LogP contribution in [-0.2, 0) is 4.74 Å². The van der Waals surface area contributed by atoms with Gasteiger partial charge < -0.3 is 10.1 Å². The molecule has 1 fully saturated rings. The van der Waals surface area contributed by atoms with Crippen molar-refractivity contribution in [2.45, 2.75) is 33.7 Å². The maximum atomic E-state index is 11.4. The number of hydrogen-bond donors (Lipinski definition) is 1. The van der Waals surface area contributed by atoms with Crippen LogP contribution in [0, 0.1) is 19.3 Å². The molecule has 2 rings (SSSR count). The highest BCUT2D eigenvalue weighted by Crippen LogP contribution is 2.37. The fraction of sp³-hybridized carbons (Fsp3) is 0.500. The number of hydrogen-bond acceptors (Lipinski definition) is 2. The summed E-state index contributed by atoms with van der Waals surface area (Å²) in [7, 11) is 0. The maximum absolute atomic E-state index is 11.4. The van der Waals surface area contributed by atoms with Crippen LogP contribution >= 0.6 is 12.4 Å². The van der Waals surface area contributed by atoms with Crippen molar-refractivity contribution in [1.29, 1.82) is 0 Å². The fourth-order valence-corrected chi connectivity index (χ4v) is 2.26. The third-order valence-corrected chi connectivity index (χ3v) is 3.36. The van der Waals surface area contributed by atoms with Gasteiger partial charge in [0.1, 0.15) is 6.61 Å². The van der Waals surface area contributed by atoms with Gasteiger partial charge in [0, 0.05) is 5.41 Å². The lowest BCUT2D eigenvalue weighted by Crippen LogP contribution is -2.47. The second kappa shape index (κ2) is 5.19. The van der Waals surface area contributed by atoms with Gasteiger partial charge in [0.15, 0.2) is 0 Å². The topological polar surface area (TPSA) is 38.3 Å². The van der Waals surface area contributed by atoms with E-state index in [2.05, 4.69) is 51.2 Å². The molecule has 18 heavy (non-hydrogen) atoms. The number of benzene rings is 1. The molecule has 0 aliphatic carbocycles. The molecule has 0 radical (unpaired) electrons. The summed E-state index contributed by atoms with van der Waals surface area (Å²) >= 11 is 0. The Morgan fingerprint density at radius 3 is 2.67 bits per heavy atom. The zero-order valence-electron chi connectivity index (χ0n) is 11.2. The smallest absolute Gasteiger partial charge is 0.407 e. The van der Waals surface area contributed by atoms with Crippen molar-refractivity contribution in [2.75, 3.05) is 6.61 Å². The van der Waals surface area contributed by atoms with Gasteiger partial charge in [-0.3, -0.25) is 0 Å². The maximum Gasteiger partial charge on any atom is 0.407 e. The molecular formula is C14H20ClNO2. The van der Waals surface area contributed by atoms with Gasteiger partial charge in [-0.2, -0.15) is 0 Å². The standard InChI is InChI=1S/C14H19NO2.ClH/c1-9-5-6-10(2)11(7-9)12-14(3,4)8-17-13(16)15-12;/h5-7,12H,8H2,1-4H3,(H,15,16);1H/t12-;/m1./s1. The number of amides is 1. The molecule has 1 aromatic carbocycles. The largest absolute Gasteiger partial charge is 0.449 e. The van der Waals surface area contributed by atoms with Crippen LogP contribution in [0.15, 0.2) is 18.2 Å². The number of aryl methyl sites for hydroxylation is 2. The molecule has 1 saturated heterocycles. The van der Waals surface area contributed by atoms with Gasteiger partial charge >= 0.3 is 6.09 Å². The summed E-state index contributed by atoms with van der Waals surface area (Å²) in [5, 5.41) is 2.93. The van der Waals surface area contributed by atoms with Gasteiger partial charge in [-0.15, -0.1) is 12.4 Å². The molecular weight excluding hydrogens is 250 g/mol. The van der Waals surface area contributed by atoms with Crippen molar-refractivity contribution in [2.24, 2.45) is 5.41 Å². The van der Waals surface area contributed by atoms with Crippen LogP contribution in [0.3, 0.4) is 0 Å². The minimum atomic E-state index is -0.324. The average molecular weight is 270 g/mol. The van der Waals surface area contributed by atoms with Gasteiger partial charge in [-0.25, -0.2) is 4.79 Å². The van der Waals surface area contributed by atoms with Gasteiger partial charge in [-0.05, 0) is 25.0 Å². The molecule has 1 N–H and O–H groups in total. The molecule has 1 heterocycles. The third-order valence-electron chi connectivity index (χ3n) is 3.36. The summed E-state index contributed by atoms with van der Waals surface area (Å²) in [5.74, 6) is 0. The predicted octanol–water partition coefficient (Wildman–Crippen LogP) is 3.53. The van der Waals surface area contributed by atoms with E-state index in [-0.39, 0.29) is 30.0 Å². The quantitative estimate of drug-likeness (QED) is 0.847. The molecule has 1 amide bonds. The van der Waals surface area contributed by atoms with E-state index in [4.69, 9.17) is 4.74 Å². The molecule has 4 heteroatoms. The summed E-state index contributed by atoms with van der Waals surface area (Å²) in [4.78, 5) is 11.4. The van der Waals surface area contributed by atoms with Crippen molar-refractivity contribution in [3.8, 4) is 0 Å². The first kappa shape index (κ1) is 14.8. The van der Waals surface area contributed by atoms with E-state index in [0.29, 0.717) is 6.61 Å². The highest BCUT2D eigenvalue weighted by molar-refractivity contribution is 5.85. The number of rotatable bonds is 1. The predicted molar refractivity (Wildman–Crippen MR) is 74.2 cm³/mol. The van der Waals surface area contributed by atoms with E-state index in [1.807, 2.05) is 0 Å². The molecule has 0 aromatic heterocycles. The van der Waals surface area contributed by atoms with Crippen LogP contribution in [0.5, 0.6) is 0 Å². The Kier molecular flexibility index (Phi) is 4.28. The first-order chi connectivity index (χ1) is 7.90. The number of carbonyl (C=O) groups is 1. The second-order valence-corrected chi connectivity index (χ2v) is 5.50. The number of cyclic esters (lactones) is 1. The summed E-state index contributed by atoms with van der Waals surface area (Å²) in [6.07, 6.45) is -0.324. The fourth-order valence-electron chi connectivity index (χ4n) is 2.26. The monoisotopic (exact) mass is 269 g/mol. The molecule has 3 nitrogen and oxygen atoms in total. The van der Waals surface area contributed by atoms with Crippen molar-refractivity contribution >= 4 is 18.5 Å². The lowest BCUT2D eigenvalue weighted by atomic mass is 9.78. The number of halogens is 1. The highest BCUT2D eigenvalue weighted by Gasteiger charge is 2.38. The Bertz CT molecular complexity index is 457. The van der Waals surface area contributed by atoms with E-state index in [0.717, 1.165) is 0 Å². The van der Waals surface area contributed by atoms with Crippen LogP contribution in [-0.4, -0.2) is 12.7 Å². The third kappa shape index (κ3) is 2.78. The lowest BCUT2D eigenvalue weighted by molar-refractivity contribution is 0.0385. The number of carbonyl (C=O) groups excluding carboxylic acids is 1. The number of alkyl carbamates (subject to hydrolysis) is 1. The molecule has 0 saturated carbocycles. The number of ether oxygens (including phenoxy) is 1. The molecule has 100 valence electrons. The Balaban J connectivity index is 0.00000162. The van der Waals surface area contributed by atoms with Gasteiger partial charge in [0.2, 0.25) is 0 Å². The van der Waals surface area contributed by atoms with E-state index < -0.39 is 0 Å². The van der Waals surface area contributed by atoms with Gasteiger partial charge in [0.25, 0.3) is 0 Å². The molecule has 1 atom stereocenters. The Morgan fingerprint density at radius 2 is 2.00 bits per heavy atom. The minimum absolute atomic E-state index is 0. The first-order valence-electron chi connectivity index (χ1n) is 5.90.